The lowest BCUT2D eigenvalue weighted by Gasteiger charge is -2.24. The second kappa shape index (κ2) is 5.50. The molecule has 21 heavy (non-hydrogen) atoms. The quantitative estimate of drug-likeness (QED) is 0.798. The molecule has 0 saturated carbocycles. The Labute approximate surface area is 125 Å². The molecule has 0 spiro atoms. The summed E-state index contributed by atoms with van der Waals surface area (Å²) in [5.41, 5.74) is 1.76. The molecule has 3 rings (SSSR count). The van der Waals surface area contributed by atoms with E-state index in [2.05, 4.69) is 0 Å². The minimum Gasteiger partial charge on any atom is -0.371 e. The third-order valence-electron chi connectivity index (χ3n) is 3.42. The van der Waals surface area contributed by atoms with Gasteiger partial charge in [-0.15, -0.1) is 0 Å². The second-order valence-electron chi connectivity index (χ2n) is 5.14. The standard InChI is InChI=1S/C16H17NO3S/c1-13-7-9-14(10-8-13)17(11-15-12-20-15)21(18,19)16-5-3-2-4-6-16/h2-10,15H,11-12H2,1H3. The molecule has 1 atom stereocenters. The van der Waals surface area contributed by atoms with E-state index in [-0.39, 0.29) is 6.10 Å². The Morgan fingerprint density at radius 2 is 1.71 bits per heavy atom. The Balaban J connectivity index is 2.00. The Kier molecular flexibility index (Phi) is 3.69. The van der Waals surface area contributed by atoms with Crippen molar-refractivity contribution in [2.24, 2.45) is 0 Å². The number of sulfonamides is 1. The van der Waals surface area contributed by atoms with Crippen LogP contribution in [0.25, 0.3) is 0 Å². The lowest BCUT2D eigenvalue weighted by molar-refractivity contribution is 0.412. The van der Waals surface area contributed by atoms with Crippen LogP contribution in [0.2, 0.25) is 0 Å². The highest BCUT2D eigenvalue weighted by molar-refractivity contribution is 7.92. The van der Waals surface area contributed by atoms with Gasteiger partial charge in [-0.25, -0.2) is 8.42 Å². The summed E-state index contributed by atoms with van der Waals surface area (Å²) in [6.07, 6.45) is -0.00945. The summed E-state index contributed by atoms with van der Waals surface area (Å²) in [6.45, 7) is 2.94. The molecule has 0 aromatic heterocycles. The SMILES string of the molecule is Cc1ccc(N(CC2CO2)S(=O)(=O)c2ccccc2)cc1. The van der Waals surface area contributed by atoms with Gasteiger partial charge in [0.2, 0.25) is 0 Å². The van der Waals surface area contributed by atoms with Crippen LogP contribution in [0.4, 0.5) is 5.69 Å². The first kappa shape index (κ1) is 14.1. The molecular formula is C16H17NO3S. The van der Waals surface area contributed by atoms with Gasteiger partial charge in [-0.3, -0.25) is 4.31 Å². The summed E-state index contributed by atoms with van der Waals surface area (Å²) in [4.78, 5) is 0.297. The van der Waals surface area contributed by atoms with Crippen LogP contribution in [0.1, 0.15) is 5.56 Å². The average molecular weight is 303 g/mol. The van der Waals surface area contributed by atoms with Crippen molar-refractivity contribution in [3.8, 4) is 0 Å². The maximum atomic E-state index is 12.9. The zero-order valence-electron chi connectivity index (χ0n) is 11.8. The van der Waals surface area contributed by atoms with Crippen molar-refractivity contribution in [3.05, 3.63) is 60.2 Å². The van der Waals surface area contributed by atoms with Crippen molar-refractivity contribution >= 4 is 15.7 Å². The van der Waals surface area contributed by atoms with Gasteiger partial charge in [0.05, 0.1) is 29.8 Å². The molecule has 0 N–H and O–H groups in total. The van der Waals surface area contributed by atoms with Crippen LogP contribution in [0.3, 0.4) is 0 Å². The van der Waals surface area contributed by atoms with Crippen molar-refractivity contribution in [1.82, 2.24) is 0 Å². The number of hydrogen-bond acceptors (Lipinski definition) is 3. The van der Waals surface area contributed by atoms with Crippen molar-refractivity contribution in [2.45, 2.75) is 17.9 Å². The highest BCUT2D eigenvalue weighted by Gasteiger charge is 2.32. The molecule has 1 aliphatic heterocycles. The molecule has 2 aromatic rings. The van der Waals surface area contributed by atoms with Crippen molar-refractivity contribution in [3.63, 3.8) is 0 Å². The normalized spacial score (nSPS) is 17.5. The minimum atomic E-state index is -3.57. The average Bonchev–Trinajstić information content (AvgIpc) is 3.31. The number of nitrogens with zero attached hydrogens (tertiary/aromatic N) is 1. The summed E-state index contributed by atoms with van der Waals surface area (Å²) >= 11 is 0. The first-order valence-electron chi connectivity index (χ1n) is 6.83. The largest absolute Gasteiger partial charge is 0.371 e. The topological polar surface area (TPSA) is 49.9 Å². The number of anilines is 1. The molecule has 0 amide bonds. The number of rotatable bonds is 5. The molecule has 0 aliphatic carbocycles. The van der Waals surface area contributed by atoms with Crippen molar-refractivity contribution in [1.29, 1.82) is 0 Å². The van der Waals surface area contributed by atoms with Gasteiger partial charge in [0.15, 0.2) is 0 Å². The first-order chi connectivity index (χ1) is 10.1. The van der Waals surface area contributed by atoms with E-state index >= 15 is 0 Å². The van der Waals surface area contributed by atoms with Crippen molar-refractivity contribution in [2.75, 3.05) is 17.5 Å². The van der Waals surface area contributed by atoms with E-state index in [1.54, 1.807) is 30.3 Å². The van der Waals surface area contributed by atoms with E-state index in [0.717, 1.165) is 5.56 Å². The van der Waals surface area contributed by atoms with Gasteiger partial charge in [0.25, 0.3) is 10.0 Å². The molecule has 1 fully saturated rings. The van der Waals surface area contributed by atoms with E-state index in [1.807, 2.05) is 31.2 Å². The molecule has 1 heterocycles. The zero-order valence-corrected chi connectivity index (χ0v) is 12.6. The van der Waals surface area contributed by atoms with Crippen LogP contribution in [-0.2, 0) is 14.8 Å². The molecule has 2 aromatic carbocycles. The van der Waals surface area contributed by atoms with E-state index < -0.39 is 10.0 Å². The molecule has 0 bridgehead atoms. The predicted octanol–water partition coefficient (Wildman–Crippen LogP) is 2.59. The van der Waals surface area contributed by atoms with E-state index in [4.69, 9.17) is 4.74 Å². The molecule has 0 radical (unpaired) electrons. The molecule has 110 valence electrons. The fraction of sp³-hybridized carbons (Fsp3) is 0.250. The zero-order chi connectivity index (χ0) is 14.9. The number of hydrogen-bond donors (Lipinski definition) is 0. The fourth-order valence-electron chi connectivity index (χ4n) is 2.13. The third-order valence-corrected chi connectivity index (χ3v) is 5.23. The number of aryl methyl sites for hydroxylation is 1. The third kappa shape index (κ3) is 3.09. The summed E-state index contributed by atoms with van der Waals surface area (Å²) in [7, 11) is -3.57. The summed E-state index contributed by atoms with van der Waals surface area (Å²) in [5, 5.41) is 0. The number of epoxide rings is 1. The van der Waals surface area contributed by atoms with E-state index in [0.29, 0.717) is 23.7 Å². The van der Waals surface area contributed by atoms with E-state index in [9.17, 15) is 8.42 Å². The van der Waals surface area contributed by atoms with E-state index in [1.165, 1.54) is 4.31 Å². The first-order valence-corrected chi connectivity index (χ1v) is 8.27. The molecule has 1 saturated heterocycles. The minimum absolute atomic E-state index is 0.00945. The molecule has 5 heteroatoms. The summed E-state index contributed by atoms with van der Waals surface area (Å²) in [5.74, 6) is 0. The van der Waals surface area contributed by atoms with Crippen LogP contribution >= 0.6 is 0 Å². The van der Waals surface area contributed by atoms with Gasteiger partial charge in [-0.2, -0.15) is 0 Å². The van der Waals surface area contributed by atoms with Gasteiger partial charge in [-0.1, -0.05) is 35.9 Å². The van der Waals surface area contributed by atoms with Gasteiger partial charge in [-0.05, 0) is 31.2 Å². The lowest BCUT2D eigenvalue weighted by Crippen LogP contribution is -2.34. The highest BCUT2D eigenvalue weighted by Crippen LogP contribution is 2.26. The maximum absolute atomic E-state index is 12.9. The molecule has 1 aliphatic rings. The number of ether oxygens (including phenoxy) is 1. The molecule has 1 unspecified atom stereocenters. The predicted molar refractivity (Wildman–Crippen MR) is 81.9 cm³/mol. The Bertz CT molecular complexity index is 707. The van der Waals surface area contributed by atoms with Crippen LogP contribution < -0.4 is 4.31 Å². The summed E-state index contributed by atoms with van der Waals surface area (Å²) < 4.78 is 32.3. The number of benzene rings is 2. The summed E-state index contributed by atoms with van der Waals surface area (Å²) in [6, 6.07) is 16.0. The maximum Gasteiger partial charge on any atom is 0.264 e. The van der Waals surface area contributed by atoms with Crippen LogP contribution in [0.5, 0.6) is 0 Å². The van der Waals surface area contributed by atoms with Crippen LogP contribution in [0.15, 0.2) is 59.5 Å². The second-order valence-corrected chi connectivity index (χ2v) is 7.00. The van der Waals surface area contributed by atoms with Gasteiger partial charge >= 0.3 is 0 Å². The van der Waals surface area contributed by atoms with Gasteiger partial charge in [0, 0.05) is 0 Å². The Morgan fingerprint density at radius 1 is 1.10 bits per heavy atom. The Hall–Kier alpha value is -1.85. The smallest absolute Gasteiger partial charge is 0.264 e. The highest BCUT2D eigenvalue weighted by atomic mass is 32.2. The van der Waals surface area contributed by atoms with Crippen LogP contribution in [-0.4, -0.2) is 27.7 Å². The van der Waals surface area contributed by atoms with Crippen molar-refractivity contribution < 1.29 is 13.2 Å². The lowest BCUT2D eigenvalue weighted by atomic mass is 10.2. The molecule has 4 nitrogen and oxygen atoms in total. The monoisotopic (exact) mass is 303 g/mol. The Morgan fingerprint density at radius 3 is 2.29 bits per heavy atom. The molecular weight excluding hydrogens is 286 g/mol. The van der Waals surface area contributed by atoms with Crippen LogP contribution in [0, 0.1) is 6.92 Å². The van der Waals surface area contributed by atoms with Gasteiger partial charge in [0.1, 0.15) is 0 Å². The fourth-order valence-corrected chi connectivity index (χ4v) is 3.65. The van der Waals surface area contributed by atoms with Gasteiger partial charge < -0.3 is 4.74 Å².